The van der Waals surface area contributed by atoms with Gasteiger partial charge in [-0.25, -0.2) is 17.2 Å². The number of hydrogen-bond acceptors (Lipinski definition) is 3. The second-order valence-corrected chi connectivity index (χ2v) is 8.81. The van der Waals surface area contributed by atoms with Crippen molar-refractivity contribution in [3.05, 3.63) is 64.7 Å². The van der Waals surface area contributed by atoms with E-state index in [2.05, 4.69) is 0 Å². The molecule has 1 amide bonds. The second-order valence-electron chi connectivity index (χ2n) is 6.47. The number of nitrogens with zero attached hydrogens (tertiary/aromatic N) is 2. The molecule has 0 saturated carbocycles. The van der Waals surface area contributed by atoms with Crippen molar-refractivity contribution in [2.24, 2.45) is 0 Å². The van der Waals surface area contributed by atoms with E-state index in [1.54, 1.807) is 0 Å². The highest BCUT2D eigenvalue weighted by Gasteiger charge is 2.28. The van der Waals surface area contributed by atoms with Gasteiger partial charge in [0.15, 0.2) is 0 Å². The minimum atomic E-state index is -3.78. The lowest BCUT2D eigenvalue weighted by Crippen LogP contribution is -2.38. The van der Waals surface area contributed by atoms with Crippen LogP contribution in [-0.2, 0) is 21.2 Å². The molecule has 2 aromatic carbocycles. The lowest BCUT2D eigenvalue weighted by Gasteiger charge is -2.22. The minimum absolute atomic E-state index is 0.00631. The molecule has 0 radical (unpaired) electrons. The standard InChI is InChI=1S/C19H19ClF2N2O3S/c20-17-3-1-4-18(22)16(17)13-19(25)23-9-2-10-24(12-11-23)28(26,27)15-7-5-14(21)6-8-15/h1,3-8H,2,9-13H2. The number of carbonyl (C=O) groups excluding carboxylic acids is 1. The smallest absolute Gasteiger partial charge is 0.243 e. The highest BCUT2D eigenvalue weighted by Crippen LogP contribution is 2.22. The molecule has 9 heteroatoms. The molecular weight excluding hydrogens is 410 g/mol. The molecule has 0 atom stereocenters. The van der Waals surface area contributed by atoms with Crippen molar-refractivity contribution in [3.8, 4) is 0 Å². The predicted molar refractivity (Wildman–Crippen MR) is 101 cm³/mol. The van der Waals surface area contributed by atoms with Crippen LogP contribution in [0.25, 0.3) is 0 Å². The molecule has 5 nitrogen and oxygen atoms in total. The first-order valence-electron chi connectivity index (χ1n) is 8.75. The van der Waals surface area contributed by atoms with Crippen LogP contribution in [0, 0.1) is 11.6 Å². The summed E-state index contributed by atoms with van der Waals surface area (Å²) in [6.07, 6.45) is 0.257. The molecule has 0 aromatic heterocycles. The summed E-state index contributed by atoms with van der Waals surface area (Å²) in [6.45, 7) is 0.895. The van der Waals surface area contributed by atoms with Gasteiger partial charge in [-0.15, -0.1) is 0 Å². The van der Waals surface area contributed by atoms with Crippen molar-refractivity contribution < 1.29 is 22.0 Å². The highest BCUT2D eigenvalue weighted by atomic mass is 35.5. The predicted octanol–water partition coefficient (Wildman–Crippen LogP) is 3.08. The first-order valence-corrected chi connectivity index (χ1v) is 10.6. The van der Waals surface area contributed by atoms with Crippen molar-refractivity contribution in [1.82, 2.24) is 9.21 Å². The van der Waals surface area contributed by atoms with Crippen molar-refractivity contribution >= 4 is 27.5 Å². The maximum absolute atomic E-state index is 13.9. The van der Waals surface area contributed by atoms with Gasteiger partial charge in [0.25, 0.3) is 0 Å². The number of halogens is 3. The fourth-order valence-electron chi connectivity index (χ4n) is 3.10. The van der Waals surface area contributed by atoms with Gasteiger partial charge in [0.1, 0.15) is 11.6 Å². The number of amides is 1. The fourth-order valence-corrected chi connectivity index (χ4v) is 4.80. The lowest BCUT2D eigenvalue weighted by molar-refractivity contribution is -0.130. The maximum atomic E-state index is 13.9. The third-order valence-electron chi connectivity index (χ3n) is 4.65. The molecular formula is C19H19ClF2N2O3S. The molecule has 1 saturated heterocycles. The van der Waals surface area contributed by atoms with Crippen LogP contribution in [0.3, 0.4) is 0 Å². The van der Waals surface area contributed by atoms with Crippen LogP contribution >= 0.6 is 11.6 Å². The van der Waals surface area contributed by atoms with Crippen LogP contribution < -0.4 is 0 Å². The Morgan fingerprint density at radius 1 is 1.00 bits per heavy atom. The van der Waals surface area contributed by atoms with E-state index in [1.807, 2.05) is 0 Å². The molecule has 1 fully saturated rings. The number of hydrogen-bond donors (Lipinski definition) is 0. The molecule has 0 bridgehead atoms. The van der Waals surface area contributed by atoms with Gasteiger partial charge in [0.05, 0.1) is 11.3 Å². The Labute approximate surface area is 167 Å². The Morgan fingerprint density at radius 2 is 1.71 bits per heavy atom. The average molecular weight is 429 g/mol. The van der Waals surface area contributed by atoms with E-state index >= 15 is 0 Å². The van der Waals surface area contributed by atoms with Gasteiger partial charge in [-0.2, -0.15) is 4.31 Å². The van der Waals surface area contributed by atoms with E-state index < -0.39 is 21.7 Å². The van der Waals surface area contributed by atoms with Crippen molar-refractivity contribution in [3.63, 3.8) is 0 Å². The lowest BCUT2D eigenvalue weighted by atomic mass is 10.1. The Kier molecular flexibility index (Phi) is 6.32. The highest BCUT2D eigenvalue weighted by molar-refractivity contribution is 7.89. The summed E-state index contributed by atoms with van der Waals surface area (Å²) < 4.78 is 53.8. The van der Waals surface area contributed by atoms with E-state index in [-0.39, 0.29) is 47.4 Å². The minimum Gasteiger partial charge on any atom is -0.341 e. The second kappa shape index (κ2) is 8.55. The topological polar surface area (TPSA) is 57.7 Å². The molecule has 0 N–H and O–H groups in total. The molecule has 0 unspecified atom stereocenters. The van der Waals surface area contributed by atoms with Gasteiger partial charge in [-0.05, 0) is 42.8 Å². The zero-order valence-corrected chi connectivity index (χ0v) is 16.5. The number of benzene rings is 2. The third kappa shape index (κ3) is 4.51. The van der Waals surface area contributed by atoms with Crippen LogP contribution in [0.2, 0.25) is 5.02 Å². The first kappa shape index (κ1) is 20.7. The van der Waals surface area contributed by atoms with Crippen LogP contribution in [0.5, 0.6) is 0 Å². The largest absolute Gasteiger partial charge is 0.341 e. The Bertz CT molecular complexity index is 947. The Balaban J connectivity index is 1.69. The van der Waals surface area contributed by atoms with Crippen molar-refractivity contribution in [2.75, 3.05) is 26.2 Å². The maximum Gasteiger partial charge on any atom is 0.243 e. The van der Waals surface area contributed by atoms with E-state index in [1.165, 1.54) is 39.5 Å². The summed E-state index contributed by atoms with van der Waals surface area (Å²) in [5.74, 6) is -1.37. The molecule has 1 heterocycles. The van der Waals surface area contributed by atoms with Crippen molar-refractivity contribution in [2.45, 2.75) is 17.7 Å². The molecule has 1 aliphatic heterocycles. The van der Waals surface area contributed by atoms with Crippen LogP contribution in [0.15, 0.2) is 47.4 Å². The van der Waals surface area contributed by atoms with E-state index in [0.29, 0.717) is 13.0 Å². The number of sulfonamides is 1. The van der Waals surface area contributed by atoms with Crippen LogP contribution in [0.1, 0.15) is 12.0 Å². The van der Waals surface area contributed by atoms with E-state index in [9.17, 15) is 22.0 Å². The first-order chi connectivity index (χ1) is 13.3. The Morgan fingerprint density at radius 3 is 2.39 bits per heavy atom. The zero-order valence-electron chi connectivity index (χ0n) is 14.9. The fraction of sp³-hybridized carbons (Fsp3) is 0.316. The van der Waals surface area contributed by atoms with Gasteiger partial charge in [0.2, 0.25) is 15.9 Å². The van der Waals surface area contributed by atoms with Crippen LogP contribution in [0.4, 0.5) is 8.78 Å². The van der Waals surface area contributed by atoms with Gasteiger partial charge in [-0.3, -0.25) is 4.79 Å². The molecule has 3 rings (SSSR count). The number of carbonyl (C=O) groups is 1. The molecule has 2 aromatic rings. The summed E-state index contributed by atoms with van der Waals surface area (Å²) >= 11 is 5.98. The molecule has 0 spiro atoms. The summed E-state index contributed by atoms with van der Waals surface area (Å²) in [4.78, 5) is 14.1. The number of rotatable bonds is 4. The zero-order chi connectivity index (χ0) is 20.3. The third-order valence-corrected chi connectivity index (χ3v) is 6.92. The van der Waals surface area contributed by atoms with E-state index in [4.69, 9.17) is 11.6 Å². The average Bonchev–Trinajstić information content (AvgIpc) is 2.92. The Hall–Kier alpha value is -2.03. The molecule has 0 aliphatic carbocycles. The van der Waals surface area contributed by atoms with E-state index in [0.717, 1.165) is 12.1 Å². The molecule has 1 aliphatic rings. The van der Waals surface area contributed by atoms with Gasteiger partial charge in [-0.1, -0.05) is 17.7 Å². The molecule has 28 heavy (non-hydrogen) atoms. The SMILES string of the molecule is O=C(Cc1c(F)cccc1Cl)N1CCCN(S(=O)(=O)c2ccc(F)cc2)CC1. The summed E-state index contributed by atoms with van der Waals surface area (Å²) in [5.41, 5.74) is 0.134. The quantitative estimate of drug-likeness (QED) is 0.752. The summed E-state index contributed by atoms with van der Waals surface area (Å²) in [7, 11) is -3.78. The van der Waals surface area contributed by atoms with Gasteiger partial charge >= 0.3 is 0 Å². The summed E-state index contributed by atoms with van der Waals surface area (Å²) in [5, 5.41) is 0.184. The monoisotopic (exact) mass is 428 g/mol. The summed E-state index contributed by atoms with van der Waals surface area (Å²) in [6, 6.07) is 8.87. The van der Waals surface area contributed by atoms with Gasteiger partial charge < -0.3 is 4.90 Å². The van der Waals surface area contributed by atoms with Crippen molar-refractivity contribution in [1.29, 1.82) is 0 Å². The van der Waals surface area contributed by atoms with Gasteiger partial charge in [0, 0.05) is 36.8 Å². The normalized spacial score (nSPS) is 16.0. The van der Waals surface area contributed by atoms with Crippen LogP contribution in [-0.4, -0.2) is 49.7 Å². The molecule has 150 valence electrons.